The van der Waals surface area contributed by atoms with Crippen molar-refractivity contribution >= 4 is 23.5 Å². The maximum Gasteiger partial charge on any atom is 0.462 e. The summed E-state index contributed by atoms with van der Waals surface area (Å²) in [4.78, 5) is 10.1. The molecular weight excluding hydrogens is 491 g/mol. The molecule has 2 aromatic carbocycles. The van der Waals surface area contributed by atoms with Gasteiger partial charge in [0.25, 0.3) is 5.69 Å². The molecule has 0 aliphatic carbocycles. The molecule has 0 aromatic heterocycles. The quantitative estimate of drug-likeness (QED) is 0.159. The molecule has 7 nitrogen and oxygen atoms in total. The zero-order chi connectivity index (χ0) is 25.0. The minimum absolute atomic E-state index is 0.0171. The van der Waals surface area contributed by atoms with Crippen LogP contribution < -0.4 is 14.9 Å². The second kappa shape index (κ2) is 9.68. The molecule has 15 heteroatoms. The van der Waals surface area contributed by atoms with Gasteiger partial charge < -0.3 is 9.47 Å². The number of benzene rings is 2. The third-order valence-electron chi connectivity index (χ3n) is 3.95. The number of non-ortho nitro benzene ring substituents is 1. The third kappa shape index (κ3) is 5.94. The van der Waals surface area contributed by atoms with Crippen LogP contribution in [0.1, 0.15) is 11.1 Å². The van der Waals surface area contributed by atoms with E-state index in [9.17, 15) is 40.8 Å². The van der Waals surface area contributed by atoms with Crippen molar-refractivity contribution < 1.29 is 45.1 Å². The topological polar surface area (TPSA) is 86.0 Å². The van der Waals surface area contributed by atoms with Gasteiger partial charge >= 0.3 is 18.1 Å². The molecule has 1 N–H and O–H groups in total. The minimum Gasteiger partial charge on any atom is -0.493 e. The van der Waals surface area contributed by atoms with Crippen molar-refractivity contribution in [1.82, 2.24) is 5.43 Å². The fourth-order valence-electron chi connectivity index (χ4n) is 2.26. The fraction of sp³-hybridized carbons (Fsp3) is 0.278. The maximum atomic E-state index is 13.2. The Kier molecular flexibility index (Phi) is 7.62. The molecule has 0 saturated heterocycles. The molecule has 0 spiro atoms. The van der Waals surface area contributed by atoms with E-state index >= 15 is 0 Å². The first-order chi connectivity index (χ1) is 15.2. The van der Waals surface area contributed by atoms with Crippen LogP contribution in [-0.2, 0) is 6.61 Å². The number of methoxy groups -OCH3 is 1. The first-order valence-corrected chi connectivity index (χ1v) is 8.93. The predicted octanol–water partition coefficient (Wildman–Crippen LogP) is 5.55. The van der Waals surface area contributed by atoms with Crippen LogP contribution in [0, 0.1) is 10.1 Å². The molecule has 0 unspecified atom stereocenters. The zero-order valence-corrected chi connectivity index (χ0v) is 17.1. The van der Waals surface area contributed by atoms with Crippen LogP contribution in [0.15, 0.2) is 41.5 Å². The molecule has 0 aliphatic heterocycles. The molecule has 33 heavy (non-hydrogen) atoms. The summed E-state index contributed by atoms with van der Waals surface area (Å²) in [6, 6.07) is 1.89. The minimum atomic E-state index is -6.51. The Hall–Kier alpha value is -3.29. The number of rotatable bonds is 9. The van der Waals surface area contributed by atoms with Gasteiger partial charge in [-0.15, -0.1) is 0 Å². The fourth-order valence-corrected chi connectivity index (χ4v) is 2.53. The van der Waals surface area contributed by atoms with Crippen molar-refractivity contribution in [2.45, 2.75) is 24.8 Å². The lowest BCUT2D eigenvalue weighted by atomic mass is 10.2. The molecular formula is C18H13ClF7N3O4. The highest BCUT2D eigenvalue weighted by Crippen LogP contribution is 2.45. The van der Waals surface area contributed by atoms with Crippen LogP contribution in [0.5, 0.6) is 11.5 Å². The van der Waals surface area contributed by atoms with Crippen LogP contribution in [0.25, 0.3) is 0 Å². The summed E-state index contributed by atoms with van der Waals surface area (Å²) in [6.07, 6.45) is -5.98. The Morgan fingerprint density at radius 2 is 1.73 bits per heavy atom. The highest BCUT2D eigenvalue weighted by Gasteiger charge is 2.73. The summed E-state index contributed by atoms with van der Waals surface area (Å²) in [7, 11) is 1.20. The predicted molar refractivity (Wildman–Crippen MR) is 102 cm³/mol. The number of nitro benzene ring substituents is 1. The molecule has 2 aromatic rings. The first-order valence-electron chi connectivity index (χ1n) is 8.56. The second-order valence-corrected chi connectivity index (χ2v) is 6.67. The van der Waals surface area contributed by atoms with E-state index in [-0.39, 0.29) is 34.4 Å². The van der Waals surface area contributed by atoms with E-state index in [0.717, 1.165) is 12.1 Å². The van der Waals surface area contributed by atoms with E-state index in [0.29, 0.717) is 17.2 Å². The highest BCUT2D eigenvalue weighted by atomic mass is 35.5. The van der Waals surface area contributed by atoms with E-state index < -0.39 is 23.1 Å². The normalized spacial score (nSPS) is 12.6. The van der Waals surface area contributed by atoms with Gasteiger partial charge in [0.2, 0.25) is 0 Å². The van der Waals surface area contributed by atoms with Gasteiger partial charge in [0.15, 0.2) is 11.5 Å². The van der Waals surface area contributed by atoms with Gasteiger partial charge in [0.1, 0.15) is 6.61 Å². The molecule has 2 rings (SSSR count). The molecule has 0 atom stereocenters. The van der Waals surface area contributed by atoms with Crippen LogP contribution in [0.2, 0.25) is 5.02 Å². The van der Waals surface area contributed by atoms with Crippen LogP contribution in [0.4, 0.5) is 36.4 Å². The summed E-state index contributed by atoms with van der Waals surface area (Å²) in [5.74, 6) is -6.43. The summed E-state index contributed by atoms with van der Waals surface area (Å²) >= 11 is 6.05. The number of hydrogen-bond acceptors (Lipinski definition) is 6. The van der Waals surface area contributed by atoms with E-state index in [1.165, 1.54) is 31.4 Å². The average Bonchev–Trinajstić information content (AvgIpc) is 2.71. The third-order valence-corrected chi connectivity index (χ3v) is 4.23. The van der Waals surface area contributed by atoms with Gasteiger partial charge in [-0.05, 0) is 35.4 Å². The number of hydrazone groups is 1. The van der Waals surface area contributed by atoms with Crippen LogP contribution in [-0.4, -0.2) is 36.4 Å². The Labute approximate surface area is 185 Å². The molecule has 180 valence electrons. The molecule has 0 radical (unpaired) electrons. The monoisotopic (exact) mass is 503 g/mol. The Balaban J connectivity index is 2.15. The maximum absolute atomic E-state index is 13.2. The number of nitrogens with zero attached hydrogens (tertiary/aromatic N) is 2. The Bertz CT molecular complexity index is 1030. The van der Waals surface area contributed by atoms with E-state index in [1.54, 1.807) is 0 Å². The molecule has 0 amide bonds. The number of nitro groups is 1. The largest absolute Gasteiger partial charge is 0.493 e. The highest BCUT2D eigenvalue weighted by molar-refractivity contribution is 6.32. The molecule has 0 fully saturated rings. The number of halogens is 8. The molecule has 0 bridgehead atoms. The van der Waals surface area contributed by atoms with Gasteiger partial charge in [-0.25, -0.2) is 5.43 Å². The summed E-state index contributed by atoms with van der Waals surface area (Å²) in [6.45, 7) is -0.0954. The van der Waals surface area contributed by atoms with E-state index in [2.05, 4.69) is 5.10 Å². The van der Waals surface area contributed by atoms with Gasteiger partial charge in [-0.1, -0.05) is 11.6 Å². The molecule has 0 aliphatic rings. The molecule has 0 heterocycles. The lowest BCUT2D eigenvalue weighted by molar-refractivity contribution is -0.384. The SMILES string of the molecule is COc1cc(/C=N/NC(F)(F)C(F)(F)C(F)(F)F)cc(Cl)c1OCc1ccc([N+](=O)[O-])cc1. The van der Waals surface area contributed by atoms with E-state index in [4.69, 9.17) is 21.1 Å². The van der Waals surface area contributed by atoms with E-state index in [1.807, 2.05) is 0 Å². The Morgan fingerprint density at radius 1 is 1.12 bits per heavy atom. The summed E-state index contributed by atoms with van der Waals surface area (Å²) < 4.78 is 99.1. The number of alkyl halides is 7. The summed E-state index contributed by atoms with van der Waals surface area (Å²) in [5, 5.41) is 13.3. The Morgan fingerprint density at radius 3 is 2.24 bits per heavy atom. The van der Waals surface area contributed by atoms with Crippen molar-refractivity contribution in [3.05, 3.63) is 62.7 Å². The number of ether oxygens (including phenoxy) is 2. The lowest BCUT2D eigenvalue weighted by Gasteiger charge is -2.27. The van der Waals surface area contributed by atoms with Crippen molar-refractivity contribution in [3.8, 4) is 11.5 Å². The van der Waals surface area contributed by atoms with Crippen molar-refractivity contribution in [2.24, 2.45) is 5.10 Å². The average molecular weight is 504 g/mol. The van der Waals surface area contributed by atoms with Gasteiger partial charge in [-0.2, -0.15) is 35.8 Å². The van der Waals surface area contributed by atoms with Gasteiger partial charge in [-0.3, -0.25) is 10.1 Å². The van der Waals surface area contributed by atoms with Crippen molar-refractivity contribution in [2.75, 3.05) is 7.11 Å². The molecule has 0 saturated carbocycles. The van der Waals surface area contributed by atoms with Gasteiger partial charge in [0, 0.05) is 12.1 Å². The smallest absolute Gasteiger partial charge is 0.462 e. The van der Waals surface area contributed by atoms with Crippen molar-refractivity contribution in [3.63, 3.8) is 0 Å². The van der Waals surface area contributed by atoms with Crippen molar-refractivity contribution in [1.29, 1.82) is 0 Å². The zero-order valence-electron chi connectivity index (χ0n) is 16.3. The standard InChI is InChI=1S/C18H13ClF7N3O4/c1-32-14-7-11(8-27-28-18(25,26)16(20,21)17(22,23)24)6-13(19)15(14)33-9-10-2-4-12(5-3-10)29(30)31/h2-8,28H,9H2,1H3/b27-8+. The first kappa shape index (κ1) is 26.0. The lowest BCUT2D eigenvalue weighted by Crippen LogP contribution is -2.58. The summed E-state index contributed by atoms with van der Waals surface area (Å²) in [5.41, 5.74) is 0.784. The van der Waals surface area contributed by atoms with Crippen LogP contribution >= 0.6 is 11.6 Å². The van der Waals surface area contributed by atoms with Crippen LogP contribution in [0.3, 0.4) is 0 Å². The van der Waals surface area contributed by atoms with Gasteiger partial charge in [0.05, 0.1) is 23.3 Å². The number of nitrogens with one attached hydrogen (secondary N) is 1. The number of hydrogen-bond donors (Lipinski definition) is 1. The second-order valence-electron chi connectivity index (χ2n) is 6.26.